The van der Waals surface area contributed by atoms with E-state index in [1.807, 2.05) is 49.1 Å². The zero-order valence-electron chi connectivity index (χ0n) is 17.9. The van der Waals surface area contributed by atoms with Crippen molar-refractivity contribution in [2.45, 2.75) is 44.2 Å². The highest BCUT2D eigenvalue weighted by Crippen LogP contribution is 2.39. The molecule has 0 atom stereocenters. The number of sulfonamides is 1. The molecule has 0 unspecified atom stereocenters. The van der Waals surface area contributed by atoms with Crippen molar-refractivity contribution in [3.8, 4) is 0 Å². The molecule has 1 N–H and O–H groups in total. The van der Waals surface area contributed by atoms with Gasteiger partial charge in [0.2, 0.25) is 0 Å². The normalized spacial score (nSPS) is 13.6. The van der Waals surface area contributed by atoms with Crippen LogP contribution in [0.2, 0.25) is 0 Å². The summed E-state index contributed by atoms with van der Waals surface area (Å²) in [5, 5.41) is 11.9. The molecule has 1 aromatic heterocycles. The molecule has 0 spiro atoms. The maximum atomic E-state index is 13.0. The van der Waals surface area contributed by atoms with E-state index in [9.17, 15) is 18.5 Å². The summed E-state index contributed by atoms with van der Waals surface area (Å²) >= 11 is 0. The lowest BCUT2D eigenvalue weighted by atomic mass is 10.1. The van der Waals surface area contributed by atoms with Gasteiger partial charge in [-0.05, 0) is 62.6 Å². The first-order valence-electron chi connectivity index (χ1n) is 10.3. The van der Waals surface area contributed by atoms with E-state index in [1.54, 1.807) is 12.3 Å². The zero-order chi connectivity index (χ0) is 22.9. The van der Waals surface area contributed by atoms with Crippen molar-refractivity contribution in [3.05, 3.63) is 87.7 Å². The quantitative estimate of drug-likeness (QED) is 0.396. The molecule has 1 saturated carbocycles. The Morgan fingerprint density at radius 2 is 1.91 bits per heavy atom. The molecule has 4 rings (SSSR count). The van der Waals surface area contributed by atoms with Gasteiger partial charge in [0.25, 0.3) is 15.7 Å². The third-order valence-corrected chi connectivity index (χ3v) is 6.80. The molecule has 1 aliphatic carbocycles. The lowest BCUT2D eigenvalue weighted by molar-refractivity contribution is -0.384. The van der Waals surface area contributed by atoms with Crippen LogP contribution in [0, 0.1) is 24.0 Å². The zero-order valence-corrected chi connectivity index (χ0v) is 18.7. The van der Waals surface area contributed by atoms with Gasteiger partial charge in [0, 0.05) is 18.3 Å². The molecule has 0 bridgehead atoms. The van der Waals surface area contributed by atoms with Crippen LogP contribution in [-0.2, 0) is 16.6 Å². The Kier molecular flexibility index (Phi) is 5.84. The maximum Gasteiger partial charge on any atom is 0.293 e. The standard InChI is InChI=1S/C23H24N4O4S/c1-16-6-10-21(17(2)13-16)25-32(30,31)20-9-11-22(23(14-20)27(28)29)26(19-7-8-19)15-18-5-3-4-12-24-18/h3-6,9-14,19,25H,7-8,15H2,1-2H3. The topological polar surface area (TPSA) is 105 Å². The van der Waals surface area contributed by atoms with E-state index < -0.39 is 14.9 Å². The molecule has 0 radical (unpaired) electrons. The fourth-order valence-electron chi connectivity index (χ4n) is 3.65. The number of hydrogen-bond donors (Lipinski definition) is 1. The van der Waals surface area contributed by atoms with Crippen molar-refractivity contribution >= 4 is 27.1 Å². The van der Waals surface area contributed by atoms with Crippen LogP contribution >= 0.6 is 0 Å². The smallest absolute Gasteiger partial charge is 0.293 e. The molecule has 2 aromatic carbocycles. The fraction of sp³-hybridized carbons (Fsp3) is 0.261. The van der Waals surface area contributed by atoms with Gasteiger partial charge in [-0.15, -0.1) is 0 Å². The second-order valence-electron chi connectivity index (χ2n) is 8.01. The highest BCUT2D eigenvalue weighted by molar-refractivity contribution is 7.92. The number of benzene rings is 2. The molecule has 0 saturated heterocycles. The molecular formula is C23H24N4O4S. The molecule has 1 fully saturated rings. The average Bonchev–Trinajstić information content (AvgIpc) is 3.59. The summed E-state index contributed by atoms with van der Waals surface area (Å²) in [4.78, 5) is 17.5. The number of anilines is 2. The van der Waals surface area contributed by atoms with Crippen LogP contribution in [0.3, 0.4) is 0 Å². The summed E-state index contributed by atoms with van der Waals surface area (Å²) in [5.74, 6) is 0. The number of nitrogens with zero attached hydrogens (tertiary/aromatic N) is 3. The molecule has 32 heavy (non-hydrogen) atoms. The summed E-state index contributed by atoms with van der Waals surface area (Å²) < 4.78 is 28.5. The molecule has 0 amide bonds. The highest BCUT2D eigenvalue weighted by Gasteiger charge is 2.34. The van der Waals surface area contributed by atoms with E-state index in [-0.39, 0.29) is 16.6 Å². The third kappa shape index (κ3) is 4.72. The van der Waals surface area contributed by atoms with E-state index in [1.165, 1.54) is 12.1 Å². The van der Waals surface area contributed by atoms with Gasteiger partial charge in [0.15, 0.2) is 0 Å². The summed E-state index contributed by atoms with van der Waals surface area (Å²) in [6.45, 7) is 4.14. The van der Waals surface area contributed by atoms with Crippen LogP contribution in [0.15, 0.2) is 65.7 Å². The predicted octanol–water partition coefficient (Wildman–Crippen LogP) is 4.58. The lowest BCUT2D eigenvalue weighted by Gasteiger charge is -2.24. The number of aromatic nitrogens is 1. The SMILES string of the molecule is Cc1ccc(NS(=O)(=O)c2ccc(N(Cc3ccccn3)C3CC3)c([N+](=O)[O-])c2)c(C)c1. The Morgan fingerprint density at radius 3 is 2.53 bits per heavy atom. The van der Waals surface area contributed by atoms with Gasteiger partial charge in [-0.1, -0.05) is 23.8 Å². The molecule has 9 heteroatoms. The van der Waals surface area contributed by atoms with Gasteiger partial charge in [0.1, 0.15) is 5.69 Å². The number of nitro groups is 1. The minimum atomic E-state index is -4.00. The van der Waals surface area contributed by atoms with Crippen molar-refractivity contribution < 1.29 is 13.3 Å². The summed E-state index contributed by atoms with van der Waals surface area (Å²) in [6, 6.07) is 15.2. The first kappa shape index (κ1) is 21.8. The van der Waals surface area contributed by atoms with Gasteiger partial charge in [0.05, 0.1) is 27.7 Å². The summed E-state index contributed by atoms with van der Waals surface area (Å²) in [6.07, 6.45) is 3.54. The second-order valence-corrected chi connectivity index (χ2v) is 9.69. The Morgan fingerprint density at radius 1 is 1.12 bits per heavy atom. The number of nitro benzene ring substituents is 1. The maximum absolute atomic E-state index is 13.0. The Hall–Kier alpha value is -3.46. The van der Waals surface area contributed by atoms with Crippen LogP contribution in [-0.4, -0.2) is 24.4 Å². The van der Waals surface area contributed by atoms with E-state index >= 15 is 0 Å². The van der Waals surface area contributed by atoms with Crippen molar-refractivity contribution in [1.82, 2.24) is 4.98 Å². The van der Waals surface area contributed by atoms with Crippen LogP contribution in [0.4, 0.5) is 17.1 Å². The minimum Gasteiger partial charge on any atom is -0.357 e. The number of aryl methyl sites for hydroxylation is 2. The second kappa shape index (κ2) is 8.58. The molecule has 166 valence electrons. The molecule has 1 aliphatic rings. The first-order valence-corrected chi connectivity index (χ1v) is 11.8. The molecule has 0 aliphatic heterocycles. The summed E-state index contributed by atoms with van der Waals surface area (Å²) in [7, 11) is -4.00. The lowest BCUT2D eigenvalue weighted by Crippen LogP contribution is -2.26. The fourth-order valence-corrected chi connectivity index (χ4v) is 4.81. The highest BCUT2D eigenvalue weighted by atomic mass is 32.2. The van der Waals surface area contributed by atoms with Gasteiger partial charge in [-0.25, -0.2) is 8.42 Å². The van der Waals surface area contributed by atoms with Gasteiger partial charge in [-0.2, -0.15) is 0 Å². The molecular weight excluding hydrogens is 428 g/mol. The van der Waals surface area contributed by atoms with Crippen molar-refractivity contribution in [2.75, 3.05) is 9.62 Å². The van der Waals surface area contributed by atoms with Crippen LogP contribution < -0.4 is 9.62 Å². The van der Waals surface area contributed by atoms with Crippen molar-refractivity contribution in [3.63, 3.8) is 0 Å². The molecule has 8 nitrogen and oxygen atoms in total. The Balaban J connectivity index is 1.68. The number of rotatable bonds is 8. The van der Waals surface area contributed by atoms with Crippen LogP contribution in [0.25, 0.3) is 0 Å². The Labute approximate surface area is 187 Å². The first-order chi connectivity index (χ1) is 15.2. The summed E-state index contributed by atoms with van der Waals surface area (Å²) in [5.41, 5.74) is 3.18. The number of nitrogens with one attached hydrogen (secondary N) is 1. The predicted molar refractivity (Wildman–Crippen MR) is 123 cm³/mol. The van der Waals surface area contributed by atoms with Crippen molar-refractivity contribution in [1.29, 1.82) is 0 Å². The van der Waals surface area contributed by atoms with Gasteiger partial charge >= 0.3 is 0 Å². The average molecular weight is 453 g/mol. The largest absolute Gasteiger partial charge is 0.357 e. The van der Waals surface area contributed by atoms with Crippen LogP contribution in [0.5, 0.6) is 0 Å². The van der Waals surface area contributed by atoms with Gasteiger partial charge in [-0.3, -0.25) is 19.8 Å². The number of pyridine rings is 1. The van der Waals surface area contributed by atoms with E-state index in [0.717, 1.165) is 35.7 Å². The molecule has 1 heterocycles. The number of hydrogen-bond acceptors (Lipinski definition) is 6. The third-order valence-electron chi connectivity index (χ3n) is 5.44. The molecule has 3 aromatic rings. The van der Waals surface area contributed by atoms with E-state index in [2.05, 4.69) is 9.71 Å². The van der Waals surface area contributed by atoms with E-state index in [4.69, 9.17) is 0 Å². The van der Waals surface area contributed by atoms with Gasteiger partial charge < -0.3 is 4.90 Å². The monoisotopic (exact) mass is 452 g/mol. The van der Waals surface area contributed by atoms with Crippen LogP contribution in [0.1, 0.15) is 29.7 Å². The minimum absolute atomic E-state index is 0.151. The van der Waals surface area contributed by atoms with E-state index in [0.29, 0.717) is 17.9 Å². The Bertz CT molecular complexity index is 1260. The van der Waals surface area contributed by atoms with Crippen molar-refractivity contribution in [2.24, 2.45) is 0 Å².